The van der Waals surface area contributed by atoms with Crippen LogP contribution in [0.2, 0.25) is 0 Å². The highest BCUT2D eigenvalue weighted by Gasteiger charge is 2.47. The van der Waals surface area contributed by atoms with E-state index in [1.807, 2.05) is 0 Å². The maximum Gasteiger partial charge on any atom is 0.305 e. The highest BCUT2D eigenvalue weighted by atomic mass is 16.5. The fraction of sp³-hybridized carbons (Fsp3) is 0.955. The molecule has 0 aromatic carbocycles. The summed E-state index contributed by atoms with van der Waals surface area (Å²) in [6, 6.07) is 0. The van der Waals surface area contributed by atoms with E-state index in [1.54, 1.807) is 32.1 Å². The van der Waals surface area contributed by atoms with E-state index in [0.717, 1.165) is 36.0 Å². The van der Waals surface area contributed by atoms with Crippen LogP contribution in [-0.4, -0.2) is 13.1 Å². The first kappa shape index (κ1) is 18.3. The number of methoxy groups -OCH3 is 1. The monoisotopic (exact) mass is 334 g/mol. The topological polar surface area (TPSA) is 26.3 Å². The lowest BCUT2D eigenvalue weighted by Gasteiger charge is -2.54. The van der Waals surface area contributed by atoms with Crippen LogP contribution in [0.5, 0.6) is 0 Å². The van der Waals surface area contributed by atoms with Crippen molar-refractivity contribution in [2.45, 2.75) is 96.3 Å². The summed E-state index contributed by atoms with van der Waals surface area (Å²) in [7, 11) is 1.48. The SMILES string of the molecule is COC(=O)CCCCCCCCCCC1C2CC3CC(C2)CC1C3. The molecule has 138 valence electrons. The summed E-state index contributed by atoms with van der Waals surface area (Å²) in [5, 5.41) is 0. The van der Waals surface area contributed by atoms with Crippen LogP contribution in [0.25, 0.3) is 0 Å². The standard InChI is InChI=1S/C22H38O2/c1-24-22(23)11-9-7-5-3-2-4-6-8-10-21-19-13-17-12-18(15-19)16-20(21)14-17/h17-21H,2-16H2,1H3. The average molecular weight is 335 g/mol. The Morgan fingerprint density at radius 3 is 1.79 bits per heavy atom. The number of ether oxygens (including phenoxy) is 1. The molecule has 0 amide bonds. The van der Waals surface area contributed by atoms with Crippen LogP contribution < -0.4 is 0 Å². The number of esters is 1. The Morgan fingerprint density at radius 2 is 1.25 bits per heavy atom. The van der Waals surface area contributed by atoms with Crippen LogP contribution in [0, 0.1) is 29.6 Å². The summed E-state index contributed by atoms with van der Waals surface area (Å²) in [5.74, 6) is 5.55. The predicted octanol–water partition coefficient (Wildman–Crippen LogP) is 6.13. The van der Waals surface area contributed by atoms with Gasteiger partial charge in [-0.05, 0) is 74.5 Å². The highest BCUT2D eigenvalue weighted by molar-refractivity contribution is 5.68. The molecule has 0 radical (unpaired) electrons. The van der Waals surface area contributed by atoms with Crippen LogP contribution in [0.4, 0.5) is 0 Å². The Bertz CT molecular complexity index is 361. The molecule has 4 fully saturated rings. The van der Waals surface area contributed by atoms with Crippen LogP contribution in [-0.2, 0) is 9.53 Å². The van der Waals surface area contributed by atoms with Crippen molar-refractivity contribution in [3.8, 4) is 0 Å². The van der Waals surface area contributed by atoms with Gasteiger partial charge in [0.15, 0.2) is 0 Å². The molecule has 0 saturated heterocycles. The molecule has 4 rings (SSSR count). The minimum Gasteiger partial charge on any atom is -0.469 e. The van der Waals surface area contributed by atoms with Gasteiger partial charge in [0.25, 0.3) is 0 Å². The van der Waals surface area contributed by atoms with Gasteiger partial charge in [0.05, 0.1) is 7.11 Å². The average Bonchev–Trinajstić information content (AvgIpc) is 2.57. The Labute approximate surface area is 149 Å². The van der Waals surface area contributed by atoms with Crippen molar-refractivity contribution in [2.75, 3.05) is 7.11 Å². The van der Waals surface area contributed by atoms with Crippen molar-refractivity contribution in [3.05, 3.63) is 0 Å². The molecule has 2 heteroatoms. The Hall–Kier alpha value is -0.530. The summed E-state index contributed by atoms with van der Waals surface area (Å²) in [5.41, 5.74) is 0. The van der Waals surface area contributed by atoms with Gasteiger partial charge < -0.3 is 4.74 Å². The van der Waals surface area contributed by atoms with Gasteiger partial charge in [0, 0.05) is 6.42 Å². The zero-order chi connectivity index (χ0) is 16.8. The van der Waals surface area contributed by atoms with Crippen molar-refractivity contribution < 1.29 is 9.53 Å². The molecule has 24 heavy (non-hydrogen) atoms. The Balaban J connectivity index is 1.16. The summed E-state index contributed by atoms with van der Waals surface area (Å²) >= 11 is 0. The third kappa shape index (κ3) is 4.99. The Kier molecular flexibility index (Phi) is 7.04. The molecule has 0 N–H and O–H groups in total. The number of carbonyl (C=O) groups is 1. The molecule has 0 unspecified atom stereocenters. The van der Waals surface area contributed by atoms with Crippen LogP contribution in [0.1, 0.15) is 96.3 Å². The number of hydrogen-bond donors (Lipinski definition) is 0. The largest absolute Gasteiger partial charge is 0.469 e. The third-order valence-corrected chi connectivity index (χ3v) is 7.32. The fourth-order valence-electron chi connectivity index (χ4n) is 6.32. The lowest BCUT2D eigenvalue weighted by molar-refractivity contribution is -0.140. The van der Waals surface area contributed by atoms with E-state index >= 15 is 0 Å². The number of unbranched alkanes of at least 4 members (excludes halogenated alkanes) is 7. The molecule has 0 aromatic heterocycles. The molecule has 4 aliphatic carbocycles. The third-order valence-electron chi connectivity index (χ3n) is 7.32. The van der Waals surface area contributed by atoms with Crippen molar-refractivity contribution >= 4 is 5.97 Å². The van der Waals surface area contributed by atoms with E-state index in [-0.39, 0.29) is 5.97 Å². The van der Waals surface area contributed by atoms with Gasteiger partial charge in [-0.2, -0.15) is 0 Å². The maximum absolute atomic E-state index is 11.0. The van der Waals surface area contributed by atoms with E-state index in [4.69, 9.17) is 0 Å². The van der Waals surface area contributed by atoms with Crippen LogP contribution in [0.15, 0.2) is 0 Å². The molecule has 0 atom stereocenters. The highest BCUT2D eigenvalue weighted by Crippen LogP contribution is 2.57. The van der Waals surface area contributed by atoms with Gasteiger partial charge in [0.1, 0.15) is 0 Å². The molecule has 4 aliphatic rings. The van der Waals surface area contributed by atoms with Gasteiger partial charge in [-0.25, -0.2) is 0 Å². The summed E-state index contributed by atoms with van der Waals surface area (Å²) in [6.45, 7) is 0. The molecular formula is C22H38O2. The van der Waals surface area contributed by atoms with E-state index < -0.39 is 0 Å². The molecule has 4 bridgehead atoms. The maximum atomic E-state index is 11.0. The second kappa shape index (κ2) is 9.25. The number of rotatable bonds is 11. The van der Waals surface area contributed by atoms with E-state index in [1.165, 1.54) is 58.5 Å². The van der Waals surface area contributed by atoms with Gasteiger partial charge in [-0.15, -0.1) is 0 Å². The first-order chi connectivity index (χ1) is 11.8. The zero-order valence-electron chi connectivity index (χ0n) is 15.8. The molecular weight excluding hydrogens is 296 g/mol. The van der Waals surface area contributed by atoms with Crippen LogP contribution in [0.3, 0.4) is 0 Å². The zero-order valence-corrected chi connectivity index (χ0v) is 15.8. The molecule has 0 heterocycles. The first-order valence-corrected chi connectivity index (χ1v) is 10.8. The minimum absolute atomic E-state index is 0.0558. The summed E-state index contributed by atoms with van der Waals surface area (Å²) in [4.78, 5) is 11.0. The van der Waals surface area contributed by atoms with Gasteiger partial charge in [0.2, 0.25) is 0 Å². The van der Waals surface area contributed by atoms with Gasteiger partial charge in [-0.1, -0.05) is 44.9 Å². The molecule has 0 spiro atoms. The Morgan fingerprint density at radius 1 is 0.750 bits per heavy atom. The minimum atomic E-state index is -0.0558. The molecule has 4 saturated carbocycles. The second-order valence-corrected chi connectivity index (χ2v) is 9.04. The lowest BCUT2D eigenvalue weighted by Crippen LogP contribution is -2.44. The first-order valence-electron chi connectivity index (χ1n) is 10.8. The second-order valence-electron chi connectivity index (χ2n) is 9.04. The number of hydrogen-bond acceptors (Lipinski definition) is 2. The lowest BCUT2D eigenvalue weighted by atomic mass is 9.51. The summed E-state index contributed by atoms with van der Waals surface area (Å²) < 4.78 is 4.67. The fourth-order valence-corrected chi connectivity index (χ4v) is 6.32. The van der Waals surface area contributed by atoms with E-state index in [0.29, 0.717) is 6.42 Å². The van der Waals surface area contributed by atoms with Gasteiger partial charge in [-0.3, -0.25) is 4.79 Å². The molecule has 2 nitrogen and oxygen atoms in total. The van der Waals surface area contributed by atoms with Crippen molar-refractivity contribution in [1.29, 1.82) is 0 Å². The molecule has 0 aromatic rings. The number of carbonyl (C=O) groups excluding carboxylic acids is 1. The van der Waals surface area contributed by atoms with E-state index in [9.17, 15) is 4.79 Å². The smallest absolute Gasteiger partial charge is 0.305 e. The van der Waals surface area contributed by atoms with Crippen LogP contribution >= 0.6 is 0 Å². The van der Waals surface area contributed by atoms with Gasteiger partial charge >= 0.3 is 5.97 Å². The predicted molar refractivity (Wildman–Crippen MR) is 98.7 cm³/mol. The van der Waals surface area contributed by atoms with Crippen molar-refractivity contribution in [1.82, 2.24) is 0 Å². The van der Waals surface area contributed by atoms with Crippen molar-refractivity contribution in [3.63, 3.8) is 0 Å². The summed E-state index contributed by atoms with van der Waals surface area (Å²) in [6.07, 6.45) is 20.6. The quantitative estimate of drug-likeness (QED) is 0.335. The van der Waals surface area contributed by atoms with Crippen molar-refractivity contribution in [2.24, 2.45) is 29.6 Å². The van der Waals surface area contributed by atoms with E-state index in [2.05, 4.69) is 4.74 Å². The molecule has 0 aliphatic heterocycles. The normalized spacial score (nSPS) is 33.8.